The van der Waals surface area contributed by atoms with Crippen molar-refractivity contribution in [1.82, 2.24) is 9.47 Å². The molecule has 214 valence electrons. The molecular weight excluding hydrogens is 526 g/mol. The summed E-state index contributed by atoms with van der Waals surface area (Å²) in [4.78, 5) is 14.6. The maximum absolute atomic E-state index is 13.2. The predicted octanol–water partition coefficient (Wildman–Crippen LogP) is 5.05. The van der Waals surface area contributed by atoms with Crippen LogP contribution in [0.25, 0.3) is 10.9 Å². The molecule has 3 heterocycles. The third-order valence-corrected chi connectivity index (χ3v) is 11.0. The Morgan fingerprint density at radius 1 is 1.10 bits per heavy atom. The quantitative estimate of drug-likeness (QED) is 0.317. The highest BCUT2D eigenvalue weighted by Crippen LogP contribution is 2.69. The number of hydrogen-bond acceptors (Lipinski definition) is 5. The topological polar surface area (TPSA) is 87.0 Å². The molecule has 1 aromatic heterocycles. The fraction of sp³-hybridized carbons (Fsp3) is 0.400. The van der Waals surface area contributed by atoms with Gasteiger partial charge in [0.25, 0.3) is 0 Å². The lowest BCUT2D eigenvalue weighted by Crippen LogP contribution is -2.74. The first-order valence-electron chi connectivity index (χ1n) is 15.3. The minimum Gasteiger partial charge on any atom is -0.504 e. The van der Waals surface area contributed by atoms with Crippen molar-refractivity contribution in [2.75, 3.05) is 18.4 Å². The average Bonchev–Trinajstić information content (AvgIpc) is 3.65. The number of amides is 1. The second-order valence-corrected chi connectivity index (χ2v) is 13.2. The van der Waals surface area contributed by atoms with Crippen molar-refractivity contribution >= 4 is 22.5 Å². The molecule has 4 aromatic rings. The Kier molecular flexibility index (Phi) is 4.95. The van der Waals surface area contributed by atoms with Crippen LogP contribution in [0.5, 0.6) is 11.5 Å². The third-order valence-electron chi connectivity index (χ3n) is 11.0. The van der Waals surface area contributed by atoms with Crippen LogP contribution in [0.15, 0.2) is 60.7 Å². The molecule has 4 atom stereocenters. The van der Waals surface area contributed by atoms with Gasteiger partial charge >= 0.3 is 0 Å². The number of hydrogen-bond donors (Lipinski definition) is 3. The van der Waals surface area contributed by atoms with E-state index in [-0.39, 0.29) is 17.7 Å². The number of aliphatic hydroxyl groups is 1. The minimum absolute atomic E-state index is 0.00306. The maximum Gasteiger partial charge on any atom is 0.221 e. The van der Waals surface area contributed by atoms with Crippen LogP contribution in [0.4, 0.5) is 5.69 Å². The number of aromatic nitrogens is 1. The molecule has 2 aliphatic heterocycles. The van der Waals surface area contributed by atoms with Crippen LogP contribution in [-0.4, -0.2) is 50.3 Å². The number of fused-ring (bicyclic) bond motifs is 4. The smallest absolute Gasteiger partial charge is 0.221 e. The number of rotatable bonds is 5. The highest BCUT2D eigenvalue weighted by molar-refractivity contribution is 5.90. The number of nitrogens with zero attached hydrogens (tertiary/aromatic N) is 2. The minimum atomic E-state index is -1.02. The first-order chi connectivity index (χ1) is 20.4. The van der Waals surface area contributed by atoms with E-state index >= 15 is 0 Å². The van der Waals surface area contributed by atoms with Crippen LogP contribution in [0.3, 0.4) is 0 Å². The first-order valence-corrected chi connectivity index (χ1v) is 15.3. The van der Waals surface area contributed by atoms with Gasteiger partial charge in [0, 0.05) is 48.1 Å². The molecule has 1 spiro atoms. The molecule has 3 aliphatic carbocycles. The van der Waals surface area contributed by atoms with Crippen LogP contribution in [-0.2, 0) is 29.6 Å². The van der Waals surface area contributed by atoms with Gasteiger partial charge in [-0.2, -0.15) is 0 Å². The SMILES string of the molecule is CC(=O)Nc1ccccc1Cn1c2c(c3ccccc31)C[C@@]1(O)[C@H]3Cc4ccc(O)c5c4[C@@]1(CCN3CC1CC1)[C@H]2O5. The fourth-order valence-corrected chi connectivity index (χ4v) is 9.11. The van der Waals surface area contributed by atoms with Gasteiger partial charge in [0.05, 0.1) is 23.3 Å². The number of benzene rings is 3. The molecule has 2 fully saturated rings. The van der Waals surface area contributed by atoms with Crippen molar-refractivity contribution in [3.63, 3.8) is 0 Å². The highest BCUT2D eigenvalue weighted by atomic mass is 16.5. The van der Waals surface area contributed by atoms with Gasteiger partial charge in [-0.1, -0.05) is 42.5 Å². The van der Waals surface area contributed by atoms with Gasteiger partial charge in [0.15, 0.2) is 17.6 Å². The summed E-state index contributed by atoms with van der Waals surface area (Å²) in [7, 11) is 0. The van der Waals surface area contributed by atoms with E-state index < -0.39 is 17.1 Å². The largest absolute Gasteiger partial charge is 0.504 e. The fourth-order valence-electron chi connectivity index (χ4n) is 9.11. The molecule has 3 aromatic carbocycles. The van der Waals surface area contributed by atoms with Crippen LogP contribution in [0, 0.1) is 5.92 Å². The number of carbonyl (C=O) groups excluding carboxylic acids is 1. The van der Waals surface area contributed by atoms with Crippen molar-refractivity contribution < 1.29 is 19.7 Å². The first kappa shape index (κ1) is 24.8. The van der Waals surface area contributed by atoms with E-state index in [2.05, 4.69) is 51.2 Å². The van der Waals surface area contributed by atoms with E-state index in [9.17, 15) is 15.0 Å². The molecule has 9 rings (SSSR count). The Bertz CT molecular complexity index is 1810. The number of carbonyl (C=O) groups is 1. The van der Waals surface area contributed by atoms with Gasteiger partial charge < -0.3 is 24.8 Å². The monoisotopic (exact) mass is 561 g/mol. The van der Waals surface area contributed by atoms with E-state index in [1.165, 1.54) is 25.3 Å². The summed E-state index contributed by atoms with van der Waals surface area (Å²) >= 11 is 0. The average molecular weight is 562 g/mol. The molecule has 5 aliphatic rings. The lowest BCUT2D eigenvalue weighted by atomic mass is 9.49. The zero-order valence-corrected chi connectivity index (χ0v) is 23.8. The number of piperidine rings is 1. The Labute approximate surface area is 244 Å². The third kappa shape index (κ3) is 3.10. The molecule has 0 radical (unpaired) electrons. The summed E-state index contributed by atoms with van der Waals surface area (Å²) in [6.07, 6.45) is 4.23. The molecule has 1 saturated carbocycles. The summed E-state index contributed by atoms with van der Waals surface area (Å²) in [5, 5.41) is 28.5. The summed E-state index contributed by atoms with van der Waals surface area (Å²) < 4.78 is 9.25. The van der Waals surface area contributed by atoms with Gasteiger partial charge in [0.1, 0.15) is 0 Å². The summed E-state index contributed by atoms with van der Waals surface area (Å²) in [5.41, 5.74) is 5.67. The van der Waals surface area contributed by atoms with Crippen molar-refractivity contribution in [3.05, 3.63) is 88.6 Å². The van der Waals surface area contributed by atoms with E-state index in [4.69, 9.17) is 4.74 Å². The summed E-state index contributed by atoms with van der Waals surface area (Å²) in [5.74, 6) is 1.33. The van der Waals surface area contributed by atoms with Crippen LogP contribution in [0.1, 0.15) is 60.2 Å². The van der Waals surface area contributed by atoms with Crippen molar-refractivity contribution in [3.8, 4) is 11.5 Å². The Balaban J connectivity index is 1.28. The van der Waals surface area contributed by atoms with Crippen molar-refractivity contribution in [1.29, 1.82) is 0 Å². The highest BCUT2D eigenvalue weighted by Gasteiger charge is 2.73. The van der Waals surface area contributed by atoms with E-state index in [0.29, 0.717) is 18.7 Å². The van der Waals surface area contributed by atoms with Crippen molar-refractivity contribution in [2.24, 2.45) is 5.92 Å². The molecule has 7 nitrogen and oxygen atoms in total. The van der Waals surface area contributed by atoms with Gasteiger partial charge in [0.2, 0.25) is 5.91 Å². The van der Waals surface area contributed by atoms with Crippen LogP contribution in [0.2, 0.25) is 0 Å². The zero-order chi connectivity index (χ0) is 28.4. The molecule has 42 heavy (non-hydrogen) atoms. The molecule has 2 bridgehead atoms. The van der Waals surface area contributed by atoms with E-state index in [1.807, 2.05) is 18.2 Å². The number of phenolic OH excluding ortho intramolecular Hbond substituents is 1. The van der Waals surface area contributed by atoms with E-state index in [1.54, 1.807) is 6.07 Å². The molecule has 1 amide bonds. The summed E-state index contributed by atoms with van der Waals surface area (Å²) in [6, 6.07) is 20.2. The van der Waals surface area contributed by atoms with Gasteiger partial charge in [-0.3, -0.25) is 9.69 Å². The summed E-state index contributed by atoms with van der Waals surface area (Å²) in [6.45, 7) is 4.04. The van der Waals surface area contributed by atoms with Gasteiger partial charge in [-0.05, 0) is 73.0 Å². The second kappa shape index (κ2) is 8.39. The normalized spacial score (nSPS) is 28.7. The Hall–Kier alpha value is -3.81. The molecule has 0 unspecified atom stereocenters. The molecule has 3 N–H and O–H groups in total. The Morgan fingerprint density at radius 2 is 1.90 bits per heavy atom. The number of likely N-dealkylation sites (tertiary alicyclic amines) is 1. The van der Waals surface area contributed by atoms with Crippen LogP contribution < -0.4 is 10.1 Å². The van der Waals surface area contributed by atoms with Gasteiger partial charge in [-0.15, -0.1) is 0 Å². The number of para-hydroxylation sites is 2. The number of phenols is 1. The number of aromatic hydroxyl groups is 1. The molecule has 1 saturated heterocycles. The standard InChI is InChI=1S/C35H35N3O4/c1-20(39)36-26-8-4-2-6-23(26)19-38-27-9-5-3-7-24(27)25-17-35(41)29-16-22-12-13-28(40)32-30(22)34(35,33(42-32)31(25)38)14-15-37(29)18-21-10-11-21/h2-9,12-13,21,29,33,40-41H,10-11,14-19H2,1H3,(H,36,39)/t29-,33+,34+,35-/m1/s1. The van der Waals surface area contributed by atoms with Crippen molar-refractivity contribution in [2.45, 2.75) is 68.7 Å². The maximum atomic E-state index is 13.2. The lowest BCUT2D eigenvalue weighted by molar-refractivity contribution is -0.173. The van der Waals surface area contributed by atoms with E-state index in [0.717, 1.165) is 70.8 Å². The molecular formula is C35H35N3O4. The lowest BCUT2D eigenvalue weighted by Gasteiger charge is -2.63. The number of anilines is 1. The zero-order valence-electron chi connectivity index (χ0n) is 23.8. The van der Waals surface area contributed by atoms with Crippen LogP contribution >= 0.6 is 0 Å². The number of ether oxygens (including phenoxy) is 1. The predicted molar refractivity (Wildman–Crippen MR) is 160 cm³/mol. The number of nitrogens with one attached hydrogen (secondary N) is 1. The molecule has 7 heteroatoms. The Morgan fingerprint density at radius 3 is 2.74 bits per heavy atom. The second-order valence-electron chi connectivity index (χ2n) is 13.2. The van der Waals surface area contributed by atoms with Gasteiger partial charge in [-0.25, -0.2) is 0 Å².